The van der Waals surface area contributed by atoms with Crippen LogP contribution in [0.1, 0.15) is 0 Å². The van der Waals surface area contributed by atoms with Crippen LogP contribution in [0.25, 0.3) is 22.4 Å². The fraction of sp³-hybridized carbons (Fsp3) is 0.0667. The van der Waals surface area contributed by atoms with Gasteiger partial charge in [-0.2, -0.15) is 0 Å². The summed E-state index contributed by atoms with van der Waals surface area (Å²) in [6.45, 7) is 0. The van der Waals surface area contributed by atoms with Crippen LogP contribution in [0.2, 0.25) is 5.02 Å². The fourth-order valence-electron chi connectivity index (χ4n) is 2.13. The highest BCUT2D eigenvalue weighted by atomic mass is 35.5. The second-order valence-corrected chi connectivity index (χ2v) is 4.62. The molecule has 0 fully saturated rings. The molecule has 3 rings (SSSR count). The number of rotatable bonds is 1. The third-order valence-electron chi connectivity index (χ3n) is 3.03. The van der Waals surface area contributed by atoms with E-state index in [1.54, 1.807) is 6.07 Å². The number of aromatic nitrogens is 2. The van der Waals surface area contributed by atoms with Crippen molar-refractivity contribution in [2.75, 3.05) is 7.11 Å². The van der Waals surface area contributed by atoms with Crippen LogP contribution in [0.5, 0.6) is 0 Å². The van der Waals surface area contributed by atoms with Crippen molar-refractivity contribution in [3.8, 4) is 11.4 Å². The van der Waals surface area contributed by atoms with Gasteiger partial charge in [0.25, 0.3) is 0 Å². The van der Waals surface area contributed by atoms with E-state index < -0.39 is 6.09 Å². The van der Waals surface area contributed by atoms with Gasteiger partial charge in [-0.05, 0) is 24.3 Å². The summed E-state index contributed by atoms with van der Waals surface area (Å²) in [5.41, 5.74) is 2.10. The summed E-state index contributed by atoms with van der Waals surface area (Å²) in [7, 11) is 1.34. The van der Waals surface area contributed by atoms with Crippen LogP contribution in [0.3, 0.4) is 0 Å². The van der Waals surface area contributed by atoms with E-state index in [0.29, 0.717) is 27.4 Å². The Morgan fingerprint density at radius 2 is 1.85 bits per heavy atom. The van der Waals surface area contributed by atoms with Gasteiger partial charge in [-0.25, -0.2) is 14.3 Å². The lowest BCUT2D eigenvalue weighted by molar-refractivity contribution is 0.174. The van der Waals surface area contributed by atoms with Crippen molar-refractivity contribution in [3.05, 3.63) is 53.6 Å². The topological polar surface area (TPSA) is 44.1 Å². The quantitative estimate of drug-likeness (QED) is 0.680. The van der Waals surface area contributed by atoms with Crippen molar-refractivity contribution < 1.29 is 9.53 Å². The minimum atomic E-state index is -0.492. The van der Waals surface area contributed by atoms with E-state index in [4.69, 9.17) is 16.3 Å². The molecule has 0 aliphatic heterocycles. The zero-order chi connectivity index (χ0) is 14.1. The molecule has 100 valence electrons. The predicted octanol–water partition coefficient (Wildman–Crippen LogP) is 3.97. The van der Waals surface area contributed by atoms with Gasteiger partial charge >= 0.3 is 6.09 Å². The number of hydrogen-bond acceptors (Lipinski definition) is 3. The molecule has 0 amide bonds. The average molecular weight is 287 g/mol. The van der Waals surface area contributed by atoms with Crippen LogP contribution in [-0.4, -0.2) is 22.8 Å². The fourth-order valence-corrected chi connectivity index (χ4v) is 2.35. The maximum atomic E-state index is 12.1. The van der Waals surface area contributed by atoms with Gasteiger partial charge in [0, 0.05) is 5.56 Å². The number of imidazole rings is 1. The van der Waals surface area contributed by atoms with Gasteiger partial charge in [-0.15, -0.1) is 0 Å². The Kier molecular flexibility index (Phi) is 3.16. The highest BCUT2D eigenvalue weighted by Crippen LogP contribution is 2.30. The first kappa shape index (κ1) is 12.7. The molecule has 0 saturated heterocycles. The Balaban J connectivity index is 2.35. The Bertz CT molecular complexity index is 795. The average Bonchev–Trinajstić information content (AvgIpc) is 2.86. The van der Waals surface area contributed by atoms with E-state index in [2.05, 4.69) is 4.98 Å². The molecular weight excluding hydrogens is 276 g/mol. The van der Waals surface area contributed by atoms with Crippen LogP contribution >= 0.6 is 11.6 Å². The maximum Gasteiger partial charge on any atom is 0.419 e. The number of fused-ring (bicyclic) bond motifs is 1. The van der Waals surface area contributed by atoms with E-state index in [9.17, 15) is 4.79 Å². The molecule has 1 heterocycles. The number of nitrogens with zero attached hydrogens (tertiary/aromatic N) is 2. The number of para-hydroxylation sites is 2. The molecule has 0 aliphatic rings. The molecule has 0 aliphatic carbocycles. The zero-order valence-electron chi connectivity index (χ0n) is 10.7. The van der Waals surface area contributed by atoms with Crippen LogP contribution < -0.4 is 0 Å². The first-order valence-corrected chi connectivity index (χ1v) is 6.41. The van der Waals surface area contributed by atoms with Gasteiger partial charge in [0.2, 0.25) is 0 Å². The molecule has 0 radical (unpaired) electrons. The number of carbonyl (C=O) groups excluding carboxylic acids is 1. The minimum Gasteiger partial charge on any atom is -0.452 e. The molecule has 2 aromatic carbocycles. The first-order valence-electron chi connectivity index (χ1n) is 6.03. The monoisotopic (exact) mass is 286 g/mol. The molecule has 0 saturated carbocycles. The van der Waals surface area contributed by atoms with Crippen LogP contribution in [0, 0.1) is 0 Å². The molecule has 0 bridgehead atoms. The van der Waals surface area contributed by atoms with Gasteiger partial charge in [-0.1, -0.05) is 35.9 Å². The number of ether oxygens (including phenoxy) is 1. The molecular formula is C15H11ClN2O2. The van der Waals surface area contributed by atoms with Crippen molar-refractivity contribution >= 4 is 28.7 Å². The number of carbonyl (C=O) groups is 1. The summed E-state index contributed by atoms with van der Waals surface area (Å²) in [4.78, 5) is 16.5. The van der Waals surface area contributed by atoms with Crippen molar-refractivity contribution in [1.82, 2.24) is 9.55 Å². The molecule has 0 spiro atoms. The third kappa shape index (κ3) is 1.94. The second-order valence-electron chi connectivity index (χ2n) is 4.21. The van der Waals surface area contributed by atoms with Crippen molar-refractivity contribution in [2.45, 2.75) is 0 Å². The summed E-state index contributed by atoms with van der Waals surface area (Å²) in [6.07, 6.45) is -0.492. The van der Waals surface area contributed by atoms with E-state index in [1.807, 2.05) is 42.5 Å². The number of hydrogen-bond donors (Lipinski definition) is 0. The third-order valence-corrected chi connectivity index (χ3v) is 3.36. The lowest BCUT2D eigenvalue weighted by atomic mass is 10.2. The molecule has 3 aromatic rings. The maximum absolute atomic E-state index is 12.1. The van der Waals surface area contributed by atoms with Crippen LogP contribution in [0.15, 0.2) is 48.5 Å². The van der Waals surface area contributed by atoms with Crippen molar-refractivity contribution in [1.29, 1.82) is 0 Å². The van der Waals surface area contributed by atoms with Crippen LogP contribution in [0.4, 0.5) is 4.79 Å². The van der Waals surface area contributed by atoms with Gasteiger partial charge in [0.05, 0.1) is 23.2 Å². The highest BCUT2D eigenvalue weighted by Gasteiger charge is 2.19. The van der Waals surface area contributed by atoms with Gasteiger partial charge in [0.1, 0.15) is 0 Å². The first-order chi connectivity index (χ1) is 9.72. The lowest BCUT2D eigenvalue weighted by Crippen LogP contribution is -2.12. The molecule has 0 N–H and O–H groups in total. The minimum absolute atomic E-state index is 0.476. The second kappa shape index (κ2) is 4.98. The highest BCUT2D eigenvalue weighted by molar-refractivity contribution is 6.33. The molecule has 0 atom stereocenters. The Hall–Kier alpha value is -2.33. The molecule has 0 unspecified atom stereocenters. The van der Waals surface area contributed by atoms with Gasteiger partial charge < -0.3 is 4.74 Å². The van der Waals surface area contributed by atoms with Crippen LogP contribution in [-0.2, 0) is 4.74 Å². The lowest BCUT2D eigenvalue weighted by Gasteiger charge is -2.07. The molecule has 20 heavy (non-hydrogen) atoms. The number of halogens is 1. The predicted molar refractivity (Wildman–Crippen MR) is 78.0 cm³/mol. The van der Waals surface area contributed by atoms with Crippen molar-refractivity contribution in [3.63, 3.8) is 0 Å². The van der Waals surface area contributed by atoms with Crippen molar-refractivity contribution in [2.24, 2.45) is 0 Å². The van der Waals surface area contributed by atoms with Gasteiger partial charge in [-0.3, -0.25) is 0 Å². The normalized spacial score (nSPS) is 10.7. The van der Waals surface area contributed by atoms with E-state index in [1.165, 1.54) is 11.7 Å². The SMILES string of the molecule is COC(=O)n1c(-c2ccccc2Cl)nc2ccccc21. The Labute approximate surface area is 120 Å². The Morgan fingerprint density at radius 1 is 1.15 bits per heavy atom. The number of methoxy groups -OCH3 is 1. The van der Waals surface area contributed by atoms with E-state index in [-0.39, 0.29) is 0 Å². The van der Waals surface area contributed by atoms with E-state index >= 15 is 0 Å². The summed E-state index contributed by atoms with van der Waals surface area (Å²) in [6, 6.07) is 14.6. The molecule has 1 aromatic heterocycles. The summed E-state index contributed by atoms with van der Waals surface area (Å²) >= 11 is 6.20. The van der Waals surface area contributed by atoms with Gasteiger partial charge in [0.15, 0.2) is 5.82 Å². The largest absolute Gasteiger partial charge is 0.452 e. The standard InChI is InChI=1S/C15H11ClN2O2/c1-20-15(19)18-13-9-5-4-8-12(13)17-14(18)10-6-2-3-7-11(10)16/h2-9H,1H3. The summed E-state index contributed by atoms with van der Waals surface area (Å²) in [5, 5.41) is 0.535. The molecule has 4 nitrogen and oxygen atoms in total. The molecule has 5 heteroatoms. The zero-order valence-corrected chi connectivity index (χ0v) is 11.5. The summed E-state index contributed by atoms with van der Waals surface area (Å²) < 4.78 is 6.27. The number of benzene rings is 2. The Morgan fingerprint density at radius 3 is 2.60 bits per heavy atom. The summed E-state index contributed by atoms with van der Waals surface area (Å²) in [5.74, 6) is 0.476. The smallest absolute Gasteiger partial charge is 0.419 e. The van der Waals surface area contributed by atoms with E-state index in [0.717, 1.165) is 0 Å².